The lowest BCUT2D eigenvalue weighted by Crippen LogP contribution is -2.13. The third-order valence-corrected chi connectivity index (χ3v) is 2.86. The Morgan fingerprint density at radius 2 is 2.41 bits per heavy atom. The van der Waals surface area contributed by atoms with E-state index in [9.17, 15) is 9.59 Å². The molecule has 2 aromatic heterocycles. The van der Waals surface area contributed by atoms with Gasteiger partial charge in [0.2, 0.25) is 0 Å². The molecule has 17 heavy (non-hydrogen) atoms. The molecule has 0 aliphatic rings. The average molecular weight is 300 g/mol. The van der Waals surface area contributed by atoms with Crippen molar-refractivity contribution in [1.82, 2.24) is 14.8 Å². The van der Waals surface area contributed by atoms with Gasteiger partial charge in [0.15, 0.2) is 0 Å². The first kappa shape index (κ1) is 11.8. The number of ether oxygens (including phenoxy) is 1. The number of hydrogen-bond donors (Lipinski definition) is 1. The Labute approximate surface area is 105 Å². The van der Waals surface area contributed by atoms with Crippen LogP contribution >= 0.6 is 15.9 Å². The maximum atomic E-state index is 11.5. The standard InChI is InChI=1S/C10H10BrN3O3/c1-2-17-8(15)5-14-4-6(11)9-7(14)3-12-13-10(9)16/h3-4H,2,5H2,1H3,(H,13,16). The van der Waals surface area contributed by atoms with Gasteiger partial charge in [-0.3, -0.25) is 9.59 Å². The second-order valence-corrected chi connectivity index (χ2v) is 4.22. The zero-order valence-electron chi connectivity index (χ0n) is 9.07. The van der Waals surface area contributed by atoms with E-state index < -0.39 is 0 Å². The van der Waals surface area contributed by atoms with Gasteiger partial charge < -0.3 is 9.30 Å². The van der Waals surface area contributed by atoms with Crippen LogP contribution in [0.5, 0.6) is 0 Å². The summed E-state index contributed by atoms with van der Waals surface area (Å²) < 4.78 is 7.10. The molecule has 0 saturated carbocycles. The highest BCUT2D eigenvalue weighted by molar-refractivity contribution is 9.10. The molecule has 0 spiro atoms. The van der Waals surface area contributed by atoms with Gasteiger partial charge >= 0.3 is 5.97 Å². The number of nitrogens with zero attached hydrogens (tertiary/aromatic N) is 2. The highest BCUT2D eigenvalue weighted by Crippen LogP contribution is 2.21. The number of carbonyl (C=O) groups excluding carboxylic acids is 1. The average Bonchev–Trinajstić information content (AvgIpc) is 2.57. The molecular weight excluding hydrogens is 290 g/mol. The van der Waals surface area contributed by atoms with Gasteiger partial charge in [-0.05, 0) is 22.9 Å². The van der Waals surface area contributed by atoms with Gasteiger partial charge in [0.05, 0.1) is 23.7 Å². The third-order valence-electron chi connectivity index (χ3n) is 2.26. The van der Waals surface area contributed by atoms with Crippen LogP contribution in [0.25, 0.3) is 10.9 Å². The molecule has 7 heteroatoms. The first-order chi connectivity index (χ1) is 8.13. The highest BCUT2D eigenvalue weighted by atomic mass is 79.9. The molecular formula is C10H10BrN3O3. The number of esters is 1. The molecule has 0 aromatic carbocycles. The molecule has 0 fully saturated rings. The van der Waals surface area contributed by atoms with Crippen LogP contribution in [0.2, 0.25) is 0 Å². The summed E-state index contributed by atoms with van der Waals surface area (Å²) >= 11 is 3.28. The van der Waals surface area contributed by atoms with Crippen LogP contribution in [0.15, 0.2) is 21.7 Å². The summed E-state index contributed by atoms with van der Waals surface area (Å²) in [6, 6.07) is 0. The summed E-state index contributed by atoms with van der Waals surface area (Å²) in [5.41, 5.74) is 0.297. The summed E-state index contributed by atoms with van der Waals surface area (Å²) in [5.74, 6) is -0.350. The number of H-pyrrole nitrogens is 1. The van der Waals surface area contributed by atoms with Gasteiger partial charge in [-0.1, -0.05) is 0 Å². The molecule has 0 saturated heterocycles. The van der Waals surface area contributed by atoms with E-state index in [1.807, 2.05) is 0 Å². The molecule has 0 amide bonds. The first-order valence-electron chi connectivity index (χ1n) is 5.01. The van der Waals surface area contributed by atoms with E-state index in [4.69, 9.17) is 4.74 Å². The number of rotatable bonds is 3. The summed E-state index contributed by atoms with van der Waals surface area (Å²) in [5, 5.41) is 6.53. The van der Waals surface area contributed by atoms with Gasteiger partial charge in [0.25, 0.3) is 5.56 Å². The van der Waals surface area contributed by atoms with Crippen molar-refractivity contribution in [3.63, 3.8) is 0 Å². The fraction of sp³-hybridized carbons (Fsp3) is 0.300. The fourth-order valence-electron chi connectivity index (χ4n) is 1.58. The monoisotopic (exact) mass is 299 g/mol. The number of aromatic nitrogens is 3. The molecule has 1 N–H and O–H groups in total. The second-order valence-electron chi connectivity index (χ2n) is 3.37. The number of nitrogens with one attached hydrogen (secondary N) is 1. The van der Waals surface area contributed by atoms with Crippen molar-refractivity contribution in [1.29, 1.82) is 0 Å². The number of fused-ring (bicyclic) bond motifs is 1. The van der Waals surface area contributed by atoms with E-state index >= 15 is 0 Å². The highest BCUT2D eigenvalue weighted by Gasteiger charge is 2.12. The molecule has 0 unspecified atom stereocenters. The van der Waals surface area contributed by atoms with Crippen LogP contribution in [0.3, 0.4) is 0 Å². The summed E-state index contributed by atoms with van der Waals surface area (Å²) in [6.07, 6.45) is 3.17. The van der Waals surface area contributed by atoms with Crippen LogP contribution in [0, 0.1) is 0 Å². The number of halogens is 1. The second kappa shape index (κ2) is 4.70. The van der Waals surface area contributed by atoms with E-state index in [1.54, 1.807) is 17.7 Å². The normalized spacial score (nSPS) is 10.7. The predicted octanol–water partition coefficient (Wildman–Crippen LogP) is 1.05. The zero-order chi connectivity index (χ0) is 12.4. The Hall–Kier alpha value is -1.63. The summed E-state index contributed by atoms with van der Waals surface area (Å²) in [6.45, 7) is 2.13. The topological polar surface area (TPSA) is 77.0 Å². The maximum absolute atomic E-state index is 11.5. The first-order valence-corrected chi connectivity index (χ1v) is 5.80. The number of carbonyl (C=O) groups is 1. The van der Waals surface area contributed by atoms with Crippen LogP contribution in [0.4, 0.5) is 0 Å². The molecule has 0 atom stereocenters. The molecule has 2 aromatic rings. The minimum absolute atomic E-state index is 0.0566. The Morgan fingerprint density at radius 3 is 3.12 bits per heavy atom. The summed E-state index contributed by atoms with van der Waals surface area (Å²) in [7, 11) is 0. The lowest BCUT2D eigenvalue weighted by Gasteiger charge is -2.03. The molecule has 90 valence electrons. The van der Waals surface area contributed by atoms with Crippen molar-refractivity contribution >= 4 is 32.8 Å². The molecule has 2 heterocycles. The third kappa shape index (κ3) is 2.23. The minimum Gasteiger partial charge on any atom is -0.465 e. The minimum atomic E-state index is -0.350. The van der Waals surface area contributed by atoms with E-state index in [0.717, 1.165) is 0 Å². The summed E-state index contributed by atoms with van der Waals surface area (Å²) in [4.78, 5) is 22.9. The van der Waals surface area contributed by atoms with Crippen molar-refractivity contribution in [3.8, 4) is 0 Å². The Bertz CT molecular complexity index is 617. The van der Waals surface area contributed by atoms with Crippen LogP contribution in [-0.2, 0) is 16.1 Å². The van der Waals surface area contributed by atoms with E-state index in [1.165, 1.54) is 6.20 Å². The Kier molecular flexibility index (Phi) is 3.28. The SMILES string of the molecule is CCOC(=O)Cn1cc(Br)c2c(=O)[nH]ncc21. The number of aromatic amines is 1. The molecule has 0 aliphatic carbocycles. The van der Waals surface area contributed by atoms with Crippen molar-refractivity contribution in [2.45, 2.75) is 13.5 Å². The van der Waals surface area contributed by atoms with Gasteiger partial charge in [0, 0.05) is 10.7 Å². The quantitative estimate of drug-likeness (QED) is 0.860. The van der Waals surface area contributed by atoms with Crippen LogP contribution in [0.1, 0.15) is 6.92 Å². The molecule has 0 bridgehead atoms. The van der Waals surface area contributed by atoms with E-state index in [-0.39, 0.29) is 18.1 Å². The molecule has 0 aliphatic heterocycles. The molecule has 6 nitrogen and oxygen atoms in total. The van der Waals surface area contributed by atoms with Crippen molar-refractivity contribution in [3.05, 3.63) is 27.2 Å². The van der Waals surface area contributed by atoms with Crippen molar-refractivity contribution in [2.75, 3.05) is 6.61 Å². The lowest BCUT2D eigenvalue weighted by molar-refractivity contribution is -0.143. The van der Waals surface area contributed by atoms with E-state index in [2.05, 4.69) is 26.1 Å². The Morgan fingerprint density at radius 1 is 1.65 bits per heavy atom. The molecule has 0 radical (unpaired) electrons. The van der Waals surface area contributed by atoms with Crippen LogP contribution in [-0.4, -0.2) is 27.3 Å². The number of hydrogen-bond acceptors (Lipinski definition) is 4. The van der Waals surface area contributed by atoms with Gasteiger partial charge in [-0.15, -0.1) is 0 Å². The largest absolute Gasteiger partial charge is 0.465 e. The van der Waals surface area contributed by atoms with Crippen LogP contribution < -0.4 is 5.56 Å². The predicted molar refractivity (Wildman–Crippen MR) is 64.7 cm³/mol. The molecule has 2 rings (SSSR count). The van der Waals surface area contributed by atoms with Gasteiger partial charge in [-0.25, -0.2) is 5.10 Å². The smallest absolute Gasteiger partial charge is 0.325 e. The lowest BCUT2D eigenvalue weighted by atomic mass is 10.4. The fourth-order valence-corrected chi connectivity index (χ4v) is 2.22. The Balaban J connectivity index is 2.46. The van der Waals surface area contributed by atoms with E-state index in [0.29, 0.717) is 22.0 Å². The van der Waals surface area contributed by atoms with Crippen molar-refractivity contribution < 1.29 is 9.53 Å². The van der Waals surface area contributed by atoms with Gasteiger partial charge in [0.1, 0.15) is 6.54 Å². The maximum Gasteiger partial charge on any atom is 0.325 e. The van der Waals surface area contributed by atoms with Gasteiger partial charge in [-0.2, -0.15) is 5.10 Å². The zero-order valence-corrected chi connectivity index (χ0v) is 10.7. The van der Waals surface area contributed by atoms with Crippen molar-refractivity contribution in [2.24, 2.45) is 0 Å².